The number of hydrogen-bond donors (Lipinski definition) is 2. The van der Waals surface area contributed by atoms with Crippen molar-refractivity contribution in [1.29, 1.82) is 5.26 Å². The quantitative estimate of drug-likeness (QED) is 0.833. The van der Waals surface area contributed by atoms with Gasteiger partial charge in [-0.2, -0.15) is 5.26 Å². The minimum absolute atomic E-state index is 0.115. The van der Waals surface area contributed by atoms with Gasteiger partial charge >= 0.3 is 12.1 Å². The molecule has 2 N–H and O–H groups in total. The Hall–Kier alpha value is -1.77. The van der Waals surface area contributed by atoms with Gasteiger partial charge in [0, 0.05) is 13.1 Å². The van der Waals surface area contributed by atoms with Gasteiger partial charge in [0.2, 0.25) is 0 Å². The van der Waals surface area contributed by atoms with E-state index in [1.807, 2.05) is 27.7 Å². The van der Waals surface area contributed by atoms with E-state index >= 15 is 0 Å². The highest BCUT2D eigenvalue weighted by Crippen LogP contribution is 2.46. The van der Waals surface area contributed by atoms with Crippen molar-refractivity contribution in [2.24, 2.45) is 22.7 Å². The van der Waals surface area contributed by atoms with Crippen LogP contribution in [-0.4, -0.2) is 40.3 Å². The second-order valence-electron chi connectivity index (χ2n) is 7.03. The van der Waals surface area contributed by atoms with Crippen LogP contribution in [-0.2, 0) is 4.79 Å². The third-order valence-electron chi connectivity index (χ3n) is 4.82. The molecule has 0 spiro atoms. The number of carbonyl (C=O) groups is 2. The highest BCUT2D eigenvalue weighted by molar-refractivity contribution is 5.77. The predicted octanol–water partition coefficient (Wildman–Crippen LogP) is 2.65. The van der Waals surface area contributed by atoms with Crippen LogP contribution in [0.25, 0.3) is 0 Å². The second kappa shape index (κ2) is 5.92. The van der Waals surface area contributed by atoms with Crippen LogP contribution >= 0.6 is 0 Å². The summed E-state index contributed by atoms with van der Waals surface area (Å²) in [4.78, 5) is 24.2. The Bertz CT molecular complexity index is 463. The molecule has 0 radical (unpaired) electrons. The van der Waals surface area contributed by atoms with Crippen LogP contribution < -0.4 is 0 Å². The van der Waals surface area contributed by atoms with Gasteiger partial charge in [-0.3, -0.25) is 4.79 Å². The summed E-state index contributed by atoms with van der Waals surface area (Å²) in [7, 11) is 0. The molecule has 0 aliphatic carbocycles. The number of aliphatic carboxylic acids is 1. The van der Waals surface area contributed by atoms with E-state index in [9.17, 15) is 20.0 Å². The summed E-state index contributed by atoms with van der Waals surface area (Å²) < 4.78 is 0. The highest BCUT2D eigenvalue weighted by Gasteiger charge is 2.53. The lowest BCUT2D eigenvalue weighted by Crippen LogP contribution is -2.55. The Morgan fingerprint density at radius 3 is 2.29 bits per heavy atom. The maximum absolute atomic E-state index is 11.9. The maximum Gasteiger partial charge on any atom is 0.407 e. The first-order valence-electron chi connectivity index (χ1n) is 7.17. The molecular weight excluding hydrogens is 272 g/mol. The average Bonchev–Trinajstić information content (AvgIpc) is 2.38. The minimum Gasteiger partial charge on any atom is -0.481 e. The molecule has 6 heteroatoms. The Labute approximate surface area is 125 Å². The highest BCUT2D eigenvalue weighted by atomic mass is 16.4. The summed E-state index contributed by atoms with van der Waals surface area (Å²) in [5, 5.41) is 28.5. The van der Waals surface area contributed by atoms with E-state index in [0.717, 1.165) is 4.90 Å². The van der Waals surface area contributed by atoms with Crippen LogP contribution in [0.1, 0.15) is 40.5 Å². The fourth-order valence-electron chi connectivity index (χ4n) is 3.02. The van der Waals surface area contributed by atoms with E-state index in [0.29, 0.717) is 19.4 Å². The van der Waals surface area contributed by atoms with E-state index in [1.165, 1.54) is 0 Å². The van der Waals surface area contributed by atoms with Crippen molar-refractivity contribution in [3.8, 4) is 6.07 Å². The largest absolute Gasteiger partial charge is 0.481 e. The number of amides is 1. The standard InChI is InChI=1S/C15H24N2O4/c1-10(14(2,3)4)11(8-16)15(12(18)19)6-5-7-17(9-15)13(20)21/h10-11H,5-7,9H2,1-4H3,(H,18,19)(H,20,21). The normalized spacial score (nSPS) is 25.8. The van der Waals surface area contributed by atoms with Gasteiger partial charge in [0.05, 0.1) is 12.0 Å². The van der Waals surface area contributed by atoms with Gasteiger partial charge in [-0.15, -0.1) is 0 Å². The molecule has 1 rings (SSSR count). The van der Waals surface area contributed by atoms with Crippen LogP contribution in [0.3, 0.4) is 0 Å². The minimum atomic E-state index is -1.32. The Kier molecular flexibility index (Phi) is 4.87. The van der Waals surface area contributed by atoms with Crippen molar-refractivity contribution in [2.75, 3.05) is 13.1 Å². The van der Waals surface area contributed by atoms with Crippen molar-refractivity contribution >= 4 is 12.1 Å². The molecule has 1 aliphatic heterocycles. The number of carboxylic acid groups (broad SMARTS) is 2. The van der Waals surface area contributed by atoms with Crippen molar-refractivity contribution in [3.05, 3.63) is 0 Å². The van der Waals surface area contributed by atoms with Gasteiger partial charge in [0.1, 0.15) is 5.41 Å². The zero-order chi connectivity index (χ0) is 16.4. The zero-order valence-electron chi connectivity index (χ0n) is 13.1. The van der Waals surface area contributed by atoms with E-state index in [1.54, 1.807) is 0 Å². The summed E-state index contributed by atoms with van der Waals surface area (Å²) in [5.41, 5.74) is -1.55. The molecule has 0 aromatic rings. The van der Waals surface area contributed by atoms with Crippen LogP contribution in [0, 0.1) is 34.0 Å². The van der Waals surface area contributed by atoms with Crippen LogP contribution in [0.2, 0.25) is 0 Å². The summed E-state index contributed by atoms with van der Waals surface area (Å²) in [6.07, 6.45) is -0.321. The topological polar surface area (TPSA) is 102 Å². The molecule has 3 unspecified atom stereocenters. The molecule has 118 valence electrons. The molecule has 1 heterocycles. The lowest BCUT2D eigenvalue weighted by molar-refractivity contribution is -0.157. The zero-order valence-corrected chi connectivity index (χ0v) is 13.1. The lowest BCUT2D eigenvalue weighted by Gasteiger charge is -2.45. The van der Waals surface area contributed by atoms with Crippen LogP contribution in [0.5, 0.6) is 0 Å². The fourth-order valence-corrected chi connectivity index (χ4v) is 3.02. The number of rotatable bonds is 3. The van der Waals surface area contributed by atoms with Gasteiger partial charge in [-0.25, -0.2) is 4.79 Å². The molecule has 21 heavy (non-hydrogen) atoms. The smallest absolute Gasteiger partial charge is 0.407 e. The van der Waals surface area contributed by atoms with Gasteiger partial charge < -0.3 is 15.1 Å². The molecule has 1 fully saturated rings. The van der Waals surface area contributed by atoms with Crippen molar-refractivity contribution in [1.82, 2.24) is 4.90 Å². The second-order valence-corrected chi connectivity index (χ2v) is 7.03. The molecule has 1 saturated heterocycles. The molecule has 0 aromatic carbocycles. The third kappa shape index (κ3) is 3.29. The summed E-state index contributed by atoms with van der Waals surface area (Å²) >= 11 is 0. The first-order valence-corrected chi connectivity index (χ1v) is 7.17. The summed E-state index contributed by atoms with van der Waals surface area (Å²) in [6, 6.07) is 2.16. The van der Waals surface area contributed by atoms with Crippen molar-refractivity contribution in [3.63, 3.8) is 0 Å². The Balaban J connectivity index is 3.23. The van der Waals surface area contributed by atoms with Crippen molar-refractivity contribution < 1.29 is 19.8 Å². The fraction of sp³-hybridized carbons (Fsp3) is 0.800. The number of nitriles is 1. The van der Waals surface area contributed by atoms with Crippen molar-refractivity contribution in [2.45, 2.75) is 40.5 Å². The number of piperidine rings is 1. The molecule has 3 atom stereocenters. The van der Waals surface area contributed by atoms with E-state index < -0.39 is 23.4 Å². The van der Waals surface area contributed by atoms with Gasteiger partial charge in [0.15, 0.2) is 0 Å². The molecule has 6 nitrogen and oxygen atoms in total. The number of carboxylic acids is 1. The third-order valence-corrected chi connectivity index (χ3v) is 4.82. The van der Waals surface area contributed by atoms with Crippen LogP contribution in [0.15, 0.2) is 0 Å². The van der Waals surface area contributed by atoms with Gasteiger partial charge in [-0.1, -0.05) is 27.7 Å². The molecule has 1 aliphatic rings. The monoisotopic (exact) mass is 296 g/mol. The van der Waals surface area contributed by atoms with E-state index in [4.69, 9.17) is 5.11 Å². The van der Waals surface area contributed by atoms with E-state index in [-0.39, 0.29) is 17.9 Å². The molecular formula is C15H24N2O4. The number of hydrogen-bond acceptors (Lipinski definition) is 3. The molecule has 0 saturated carbocycles. The number of likely N-dealkylation sites (tertiary alicyclic amines) is 1. The lowest BCUT2D eigenvalue weighted by atomic mass is 9.61. The molecule has 0 aromatic heterocycles. The summed E-state index contributed by atoms with van der Waals surface area (Å²) in [5.74, 6) is -1.96. The van der Waals surface area contributed by atoms with Gasteiger partial charge in [-0.05, 0) is 24.2 Å². The first-order chi connectivity index (χ1) is 9.56. The Morgan fingerprint density at radius 1 is 1.33 bits per heavy atom. The first kappa shape index (κ1) is 17.3. The summed E-state index contributed by atoms with van der Waals surface area (Å²) in [6.45, 7) is 7.99. The maximum atomic E-state index is 11.9. The van der Waals surface area contributed by atoms with E-state index in [2.05, 4.69) is 6.07 Å². The average molecular weight is 296 g/mol. The van der Waals surface area contributed by atoms with Gasteiger partial charge in [0.25, 0.3) is 0 Å². The molecule has 1 amide bonds. The SMILES string of the molecule is CC(C(C#N)C1(C(=O)O)CCCN(C(=O)O)C1)C(C)(C)C. The molecule has 0 bridgehead atoms. The Morgan fingerprint density at radius 2 is 1.90 bits per heavy atom. The number of nitrogens with zero attached hydrogens (tertiary/aromatic N) is 2. The van der Waals surface area contributed by atoms with Crippen LogP contribution in [0.4, 0.5) is 4.79 Å². The predicted molar refractivity (Wildman–Crippen MR) is 76.6 cm³/mol.